The summed E-state index contributed by atoms with van der Waals surface area (Å²) in [6.45, 7) is 2.84. The lowest BCUT2D eigenvalue weighted by atomic mass is 9.84. The first kappa shape index (κ1) is 6.62. The zero-order valence-electron chi connectivity index (χ0n) is 6.29. The molecule has 0 saturated carbocycles. The smallest absolute Gasteiger partial charge is 0.0586 e. The molecule has 2 heteroatoms. The van der Waals surface area contributed by atoms with Gasteiger partial charge in [-0.3, -0.25) is 4.90 Å². The molecule has 0 amide bonds. The first-order valence-corrected chi connectivity index (χ1v) is 4.25. The van der Waals surface area contributed by atoms with Gasteiger partial charge in [-0.25, -0.2) is 0 Å². The summed E-state index contributed by atoms with van der Waals surface area (Å²) in [5.41, 5.74) is 0. The molecule has 3 aliphatic heterocycles. The summed E-state index contributed by atoms with van der Waals surface area (Å²) in [6.07, 6.45) is 3.99. The van der Waals surface area contributed by atoms with Crippen LogP contribution in [0.3, 0.4) is 0 Å². The Labute approximate surface area is 61.8 Å². The predicted molar refractivity (Wildman–Crippen MR) is 39.8 cm³/mol. The fraction of sp³-hybridized carbons (Fsp3) is 1.00. The van der Waals surface area contributed by atoms with E-state index in [1.165, 1.54) is 32.4 Å². The minimum absolute atomic E-state index is 0.372. The van der Waals surface area contributed by atoms with Crippen molar-refractivity contribution < 1.29 is 5.11 Å². The highest BCUT2D eigenvalue weighted by molar-refractivity contribution is 4.86. The van der Waals surface area contributed by atoms with E-state index in [0.29, 0.717) is 12.6 Å². The van der Waals surface area contributed by atoms with Gasteiger partial charge in [0.1, 0.15) is 0 Å². The van der Waals surface area contributed by atoms with Crippen molar-refractivity contribution in [3.05, 3.63) is 0 Å². The molecule has 2 bridgehead atoms. The van der Waals surface area contributed by atoms with Crippen LogP contribution in [0.25, 0.3) is 0 Å². The quantitative estimate of drug-likeness (QED) is 0.573. The zero-order chi connectivity index (χ0) is 6.97. The fourth-order valence-electron chi connectivity index (χ4n) is 2.28. The third-order valence-corrected chi connectivity index (χ3v) is 2.98. The number of rotatable bonds is 1. The molecule has 0 spiro atoms. The molecule has 2 nitrogen and oxygen atoms in total. The maximum absolute atomic E-state index is 8.97. The zero-order valence-corrected chi connectivity index (χ0v) is 6.29. The SMILES string of the molecule is OC[C@H]1CC2CCN1CC2. The third kappa shape index (κ3) is 0.956. The summed E-state index contributed by atoms with van der Waals surface area (Å²) in [7, 11) is 0. The molecular formula is C8H15NO. The van der Waals surface area contributed by atoms with Crippen LogP contribution >= 0.6 is 0 Å². The van der Waals surface area contributed by atoms with Gasteiger partial charge in [-0.05, 0) is 38.3 Å². The van der Waals surface area contributed by atoms with Gasteiger partial charge in [0.25, 0.3) is 0 Å². The maximum Gasteiger partial charge on any atom is 0.0586 e. The number of hydrogen-bond donors (Lipinski definition) is 1. The van der Waals surface area contributed by atoms with Crippen LogP contribution in [0, 0.1) is 5.92 Å². The summed E-state index contributed by atoms with van der Waals surface area (Å²) in [5.74, 6) is 0.933. The minimum Gasteiger partial charge on any atom is -0.395 e. The van der Waals surface area contributed by atoms with Gasteiger partial charge in [0.15, 0.2) is 0 Å². The lowest BCUT2D eigenvalue weighted by Gasteiger charge is -2.44. The van der Waals surface area contributed by atoms with Gasteiger partial charge in [-0.1, -0.05) is 0 Å². The molecule has 3 saturated heterocycles. The van der Waals surface area contributed by atoms with Crippen molar-refractivity contribution in [3.8, 4) is 0 Å². The molecule has 58 valence electrons. The molecule has 10 heavy (non-hydrogen) atoms. The average Bonchev–Trinajstić information content (AvgIpc) is 2.06. The van der Waals surface area contributed by atoms with Gasteiger partial charge >= 0.3 is 0 Å². The van der Waals surface area contributed by atoms with E-state index in [4.69, 9.17) is 5.11 Å². The van der Waals surface area contributed by atoms with Crippen molar-refractivity contribution in [2.75, 3.05) is 19.7 Å². The second-order valence-corrected chi connectivity index (χ2v) is 3.55. The van der Waals surface area contributed by atoms with Crippen LogP contribution in [0.2, 0.25) is 0 Å². The van der Waals surface area contributed by atoms with Crippen molar-refractivity contribution >= 4 is 0 Å². The first-order chi connectivity index (χ1) is 4.90. The Kier molecular flexibility index (Phi) is 1.66. The summed E-state index contributed by atoms with van der Waals surface area (Å²) in [5, 5.41) is 8.97. The van der Waals surface area contributed by atoms with Crippen LogP contribution in [0.15, 0.2) is 0 Å². The second-order valence-electron chi connectivity index (χ2n) is 3.55. The van der Waals surface area contributed by atoms with Crippen LogP contribution in [0.4, 0.5) is 0 Å². The molecule has 3 fully saturated rings. The van der Waals surface area contributed by atoms with Crippen LogP contribution in [-0.2, 0) is 0 Å². The van der Waals surface area contributed by atoms with Gasteiger partial charge in [0.2, 0.25) is 0 Å². The van der Waals surface area contributed by atoms with Gasteiger partial charge in [0, 0.05) is 6.04 Å². The molecule has 0 aromatic heterocycles. The van der Waals surface area contributed by atoms with E-state index in [-0.39, 0.29) is 0 Å². The fourth-order valence-corrected chi connectivity index (χ4v) is 2.28. The maximum atomic E-state index is 8.97. The lowest BCUT2D eigenvalue weighted by Crippen LogP contribution is -2.50. The minimum atomic E-state index is 0.372. The van der Waals surface area contributed by atoms with Crippen molar-refractivity contribution in [1.82, 2.24) is 4.90 Å². The van der Waals surface area contributed by atoms with Crippen molar-refractivity contribution in [3.63, 3.8) is 0 Å². The van der Waals surface area contributed by atoms with Gasteiger partial charge in [-0.15, -0.1) is 0 Å². The summed E-state index contributed by atoms with van der Waals surface area (Å²) >= 11 is 0. The Morgan fingerprint density at radius 1 is 1.30 bits per heavy atom. The highest BCUT2D eigenvalue weighted by atomic mass is 16.3. The molecule has 3 heterocycles. The predicted octanol–water partition coefficient (Wildman–Crippen LogP) is 0.463. The lowest BCUT2D eigenvalue weighted by molar-refractivity contribution is 0.0180. The number of fused-ring (bicyclic) bond motifs is 3. The van der Waals surface area contributed by atoms with E-state index in [0.717, 1.165) is 5.92 Å². The molecule has 3 rings (SSSR count). The largest absolute Gasteiger partial charge is 0.395 e. The summed E-state index contributed by atoms with van der Waals surface area (Å²) in [6, 6.07) is 0.507. The van der Waals surface area contributed by atoms with Crippen LogP contribution in [-0.4, -0.2) is 35.7 Å². The molecule has 0 aliphatic carbocycles. The number of piperidine rings is 3. The molecular weight excluding hydrogens is 126 g/mol. The number of aliphatic hydroxyl groups is 1. The number of nitrogens with zero attached hydrogens (tertiary/aromatic N) is 1. The Morgan fingerprint density at radius 3 is 2.30 bits per heavy atom. The Morgan fingerprint density at radius 2 is 2.00 bits per heavy atom. The standard InChI is InChI=1S/C8H15NO/c10-6-8-5-7-1-3-9(8)4-2-7/h7-8,10H,1-6H2/t8-/m1/s1. The number of hydrogen-bond acceptors (Lipinski definition) is 2. The number of aliphatic hydroxyl groups excluding tert-OH is 1. The van der Waals surface area contributed by atoms with Gasteiger partial charge in [0.05, 0.1) is 6.61 Å². The third-order valence-electron chi connectivity index (χ3n) is 2.98. The summed E-state index contributed by atoms with van der Waals surface area (Å²) in [4.78, 5) is 2.43. The van der Waals surface area contributed by atoms with Crippen LogP contribution in [0.1, 0.15) is 19.3 Å². The van der Waals surface area contributed by atoms with E-state index in [9.17, 15) is 0 Å². The van der Waals surface area contributed by atoms with Gasteiger partial charge in [-0.2, -0.15) is 0 Å². The van der Waals surface area contributed by atoms with Crippen LogP contribution in [0.5, 0.6) is 0 Å². The molecule has 1 atom stereocenters. The Hall–Kier alpha value is -0.0800. The van der Waals surface area contributed by atoms with E-state index in [1.807, 2.05) is 0 Å². The highest BCUT2D eigenvalue weighted by Gasteiger charge is 2.32. The van der Waals surface area contributed by atoms with E-state index in [2.05, 4.69) is 4.90 Å². The second kappa shape index (κ2) is 2.51. The highest BCUT2D eigenvalue weighted by Crippen LogP contribution is 2.31. The molecule has 0 aromatic carbocycles. The molecule has 0 unspecified atom stereocenters. The normalized spacial score (nSPS) is 45.9. The Bertz CT molecular complexity index is 118. The molecule has 0 radical (unpaired) electrons. The summed E-state index contributed by atoms with van der Waals surface area (Å²) < 4.78 is 0. The topological polar surface area (TPSA) is 23.5 Å². The van der Waals surface area contributed by atoms with Crippen molar-refractivity contribution in [2.45, 2.75) is 25.3 Å². The van der Waals surface area contributed by atoms with Crippen molar-refractivity contribution in [2.24, 2.45) is 5.92 Å². The van der Waals surface area contributed by atoms with Gasteiger partial charge < -0.3 is 5.11 Å². The van der Waals surface area contributed by atoms with Crippen LogP contribution < -0.4 is 0 Å². The average molecular weight is 141 g/mol. The van der Waals surface area contributed by atoms with E-state index in [1.54, 1.807) is 0 Å². The monoisotopic (exact) mass is 141 g/mol. The van der Waals surface area contributed by atoms with E-state index < -0.39 is 0 Å². The molecule has 0 aromatic rings. The first-order valence-electron chi connectivity index (χ1n) is 4.25. The molecule has 1 N–H and O–H groups in total. The van der Waals surface area contributed by atoms with Crippen molar-refractivity contribution in [1.29, 1.82) is 0 Å². The van der Waals surface area contributed by atoms with E-state index >= 15 is 0 Å². The Balaban J connectivity index is 2.01. The molecule has 3 aliphatic rings.